The summed E-state index contributed by atoms with van der Waals surface area (Å²) in [6, 6.07) is 1.92. The molecule has 0 aliphatic carbocycles. The van der Waals surface area contributed by atoms with E-state index in [2.05, 4.69) is 34.0 Å². The summed E-state index contributed by atoms with van der Waals surface area (Å²) in [7, 11) is 0. The van der Waals surface area contributed by atoms with Crippen LogP contribution in [0.25, 0.3) is 0 Å². The van der Waals surface area contributed by atoms with E-state index < -0.39 is 0 Å². The van der Waals surface area contributed by atoms with Crippen LogP contribution in [0.2, 0.25) is 0 Å². The second kappa shape index (κ2) is 7.40. The minimum absolute atomic E-state index is 0.350. The van der Waals surface area contributed by atoms with Crippen LogP contribution in [0.4, 0.5) is 11.6 Å². The third kappa shape index (κ3) is 4.61. The van der Waals surface area contributed by atoms with Crippen molar-refractivity contribution in [2.24, 2.45) is 5.92 Å². The van der Waals surface area contributed by atoms with E-state index in [4.69, 9.17) is 4.74 Å². The molecule has 0 amide bonds. The van der Waals surface area contributed by atoms with Crippen LogP contribution in [-0.4, -0.2) is 54.0 Å². The van der Waals surface area contributed by atoms with E-state index in [9.17, 15) is 5.11 Å². The predicted octanol–water partition coefficient (Wildman–Crippen LogP) is 1.13. The topological polar surface area (TPSA) is 70.5 Å². The third-order valence-corrected chi connectivity index (χ3v) is 3.25. The van der Waals surface area contributed by atoms with Crippen molar-refractivity contribution < 1.29 is 9.84 Å². The highest BCUT2D eigenvalue weighted by Gasteiger charge is 2.13. The molecule has 0 bridgehead atoms. The molecule has 2 heterocycles. The number of aliphatic hydroxyl groups is 1. The predicted molar refractivity (Wildman–Crippen MR) is 79.0 cm³/mol. The smallest absolute Gasteiger partial charge is 0.134 e. The van der Waals surface area contributed by atoms with Crippen molar-refractivity contribution in [2.75, 3.05) is 43.1 Å². The fraction of sp³-hybridized carbons (Fsp3) is 0.714. The van der Waals surface area contributed by atoms with Gasteiger partial charge in [0.05, 0.1) is 19.3 Å². The van der Waals surface area contributed by atoms with Crippen LogP contribution in [0, 0.1) is 5.92 Å². The van der Waals surface area contributed by atoms with Crippen LogP contribution in [0.15, 0.2) is 12.4 Å². The summed E-state index contributed by atoms with van der Waals surface area (Å²) in [6.07, 6.45) is 1.99. The first kappa shape index (κ1) is 15.0. The minimum atomic E-state index is -0.350. The van der Waals surface area contributed by atoms with E-state index in [1.807, 2.05) is 6.07 Å². The van der Waals surface area contributed by atoms with Gasteiger partial charge in [-0.25, -0.2) is 9.97 Å². The second-order valence-corrected chi connectivity index (χ2v) is 5.53. The van der Waals surface area contributed by atoms with E-state index in [0.29, 0.717) is 12.5 Å². The molecule has 1 unspecified atom stereocenters. The Balaban J connectivity index is 1.88. The van der Waals surface area contributed by atoms with Gasteiger partial charge in [0.2, 0.25) is 0 Å². The van der Waals surface area contributed by atoms with Crippen molar-refractivity contribution in [3.63, 3.8) is 0 Å². The molecule has 1 atom stereocenters. The molecule has 2 rings (SSSR count). The van der Waals surface area contributed by atoms with Gasteiger partial charge in [0.25, 0.3) is 0 Å². The van der Waals surface area contributed by atoms with E-state index in [-0.39, 0.29) is 6.10 Å². The fourth-order valence-corrected chi connectivity index (χ4v) is 2.26. The maximum Gasteiger partial charge on any atom is 0.134 e. The number of anilines is 2. The Morgan fingerprint density at radius 1 is 1.35 bits per heavy atom. The second-order valence-electron chi connectivity index (χ2n) is 5.53. The molecule has 1 aromatic rings. The summed E-state index contributed by atoms with van der Waals surface area (Å²) < 4.78 is 5.33. The number of nitrogens with one attached hydrogen (secondary N) is 1. The zero-order chi connectivity index (χ0) is 14.4. The molecule has 0 spiro atoms. The van der Waals surface area contributed by atoms with Crippen LogP contribution in [0.3, 0.4) is 0 Å². The Labute approximate surface area is 120 Å². The number of rotatable bonds is 6. The number of nitrogens with zero attached hydrogens (tertiary/aromatic N) is 3. The highest BCUT2D eigenvalue weighted by molar-refractivity contribution is 5.48. The highest BCUT2D eigenvalue weighted by Crippen LogP contribution is 2.15. The number of aromatic nitrogens is 2. The molecular weight excluding hydrogens is 256 g/mol. The Hall–Kier alpha value is -1.40. The van der Waals surface area contributed by atoms with Gasteiger partial charge in [-0.15, -0.1) is 0 Å². The molecule has 6 heteroatoms. The van der Waals surface area contributed by atoms with Gasteiger partial charge in [-0.2, -0.15) is 0 Å². The first-order chi connectivity index (χ1) is 9.65. The maximum absolute atomic E-state index is 9.87. The van der Waals surface area contributed by atoms with E-state index >= 15 is 0 Å². The Morgan fingerprint density at radius 2 is 2.10 bits per heavy atom. The van der Waals surface area contributed by atoms with Gasteiger partial charge in [-0.05, 0) is 12.3 Å². The van der Waals surface area contributed by atoms with E-state index in [1.54, 1.807) is 6.33 Å². The molecule has 2 N–H and O–H groups in total. The minimum Gasteiger partial charge on any atom is -0.391 e. The number of morpholine rings is 1. The van der Waals surface area contributed by atoms with E-state index in [1.165, 1.54) is 0 Å². The van der Waals surface area contributed by atoms with Crippen molar-refractivity contribution in [1.82, 2.24) is 9.97 Å². The standard InChI is InChI=1S/C14H24N4O2/c1-11(2)7-12(19)9-15-13-8-14(17-10-16-13)18-3-5-20-6-4-18/h8,10-12,19H,3-7,9H2,1-2H3,(H,15,16,17). The largest absolute Gasteiger partial charge is 0.391 e. The zero-order valence-electron chi connectivity index (χ0n) is 12.2. The quantitative estimate of drug-likeness (QED) is 0.814. The average Bonchev–Trinajstić information content (AvgIpc) is 2.46. The summed E-state index contributed by atoms with van der Waals surface area (Å²) in [4.78, 5) is 10.7. The van der Waals surface area contributed by atoms with Crippen LogP contribution in [0.5, 0.6) is 0 Å². The van der Waals surface area contributed by atoms with Gasteiger partial charge in [-0.3, -0.25) is 0 Å². The Kier molecular flexibility index (Phi) is 5.55. The summed E-state index contributed by atoms with van der Waals surface area (Å²) in [5.41, 5.74) is 0. The molecule has 0 radical (unpaired) electrons. The van der Waals surface area contributed by atoms with Gasteiger partial charge in [0.1, 0.15) is 18.0 Å². The Bertz CT molecular complexity index is 408. The molecule has 0 saturated carbocycles. The van der Waals surface area contributed by atoms with Crippen LogP contribution in [-0.2, 0) is 4.74 Å². The molecule has 1 aromatic heterocycles. The summed E-state index contributed by atoms with van der Waals surface area (Å²) in [5.74, 6) is 2.15. The summed E-state index contributed by atoms with van der Waals surface area (Å²) in [6.45, 7) is 7.89. The SMILES string of the molecule is CC(C)CC(O)CNc1cc(N2CCOCC2)ncn1. The first-order valence-corrected chi connectivity index (χ1v) is 7.22. The van der Waals surface area contributed by atoms with Crippen molar-refractivity contribution in [1.29, 1.82) is 0 Å². The molecule has 1 saturated heterocycles. The summed E-state index contributed by atoms with van der Waals surface area (Å²) in [5, 5.41) is 13.0. The lowest BCUT2D eigenvalue weighted by molar-refractivity contribution is 0.122. The van der Waals surface area contributed by atoms with Crippen LogP contribution < -0.4 is 10.2 Å². The fourth-order valence-electron chi connectivity index (χ4n) is 2.26. The van der Waals surface area contributed by atoms with Crippen LogP contribution in [0.1, 0.15) is 20.3 Å². The lowest BCUT2D eigenvalue weighted by atomic mass is 10.1. The molecule has 1 aliphatic heterocycles. The monoisotopic (exact) mass is 280 g/mol. The number of hydrogen-bond acceptors (Lipinski definition) is 6. The molecule has 0 aromatic carbocycles. The first-order valence-electron chi connectivity index (χ1n) is 7.22. The van der Waals surface area contributed by atoms with Gasteiger partial charge in [0.15, 0.2) is 0 Å². The average molecular weight is 280 g/mol. The number of hydrogen-bond donors (Lipinski definition) is 2. The summed E-state index contributed by atoms with van der Waals surface area (Å²) >= 11 is 0. The van der Waals surface area contributed by atoms with Crippen LogP contribution >= 0.6 is 0 Å². The normalized spacial score (nSPS) is 17.3. The zero-order valence-corrected chi connectivity index (χ0v) is 12.2. The van der Waals surface area contributed by atoms with Crippen molar-refractivity contribution in [3.05, 3.63) is 12.4 Å². The molecule has 20 heavy (non-hydrogen) atoms. The third-order valence-electron chi connectivity index (χ3n) is 3.25. The van der Waals surface area contributed by atoms with Gasteiger partial charge >= 0.3 is 0 Å². The Morgan fingerprint density at radius 3 is 2.80 bits per heavy atom. The number of ether oxygens (including phenoxy) is 1. The van der Waals surface area contributed by atoms with Crippen molar-refractivity contribution in [2.45, 2.75) is 26.4 Å². The van der Waals surface area contributed by atoms with Crippen molar-refractivity contribution in [3.8, 4) is 0 Å². The molecule has 6 nitrogen and oxygen atoms in total. The number of aliphatic hydroxyl groups excluding tert-OH is 1. The maximum atomic E-state index is 9.87. The van der Waals surface area contributed by atoms with Gasteiger partial charge < -0.3 is 20.1 Å². The van der Waals surface area contributed by atoms with Gasteiger partial charge in [0, 0.05) is 25.7 Å². The molecule has 1 fully saturated rings. The van der Waals surface area contributed by atoms with Gasteiger partial charge in [-0.1, -0.05) is 13.8 Å². The lowest BCUT2D eigenvalue weighted by Crippen LogP contribution is -2.36. The van der Waals surface area contributed by atoms with E-state index in [0.717, 1.165) is 44.4 Å². The van der Waals surface area contributed by atoms with Crippen molar-refractivity contribution >= 4 is 11.6 Å². The highest BCUT2D eigenvalue weighted by atomic mass is 16.5. The molecule has 1 aliphatic rings. The lowest BCUT2D eigenvalue weighted by Gasteiger charge is -2.27. The molecular formula is C14H24N4O2. The molecule has 112 valence electrons.